The first-order valence-corrected chi connectivity index (χ1v) is 6.81. The fraction of sp³-hybridized carbons (Fsp3) is 0.643. The maximum Gasteiger partial charge on any atom is 0.331 e. The molecule has 1 amide bonds. The van der Waals surface area contributed by atoms with Crippen LogP contribution in [0, 0.1) is 12.8 Å². The number of nitrogens with one attached hydrogen (secondary N) is 1. The zero-order valence-corrected chi connectivity index (χ0v) is 12.1. The zero-order valence-electron chi connectivity index (χ0n) is 12.1. The molecular formula is C14H20N2O4. The van der Waals surface area contributed by atoms with E-state index >= 15 is 0 Å². The molecule has 6 heteroatoms. The van der Waals surface area contributed by atoms with Crippen LogP contribution in [0.5, 0.6) is 0 Å². The Kier molecular flexibility index (Phi) is 4.11. The van der Waals surface area contributed by atoms with Crippen molar-refractivity contribution >= 4 is 11.9 Å². The van der Waals surface area contributed by atoms with Crippen LogP contribution in [0.3, 0.4) is 0 Å². The quantitative estimate of drug-likeness (QED) is 0.854. The molecule has 0 atom stereocenters. The lowest BCUT2D eigenvalue weighted by molar-refractivity contribution is -0.150. The standard InChI is InChI=1S/C14H20N2O4/c1-9-4-6-14(7-5-9,13(18)19-3)15-12(17)11-8-10(2)20-16-11/h8-9H,4-7H2,1-3H3,(H,15,17). The Morgan fingerprint density at radius 2 is 2.10 bits per heavy atom. The highest BCUT2D eigenvalue weighted by molar-refractivity contribution is 5.96. The molecule has 0 aromatic carbocycles. The fourth-order valence-electron chi connectivity index (χ4n) is 2.59. The third-order valence-electron chi connectivity index (χ3n) is 3.92. The molecule has 0 radical (unpaired) electrons. The van der Waals surface area contributed by atoms with Crippen LogP contribution in [0.15, 0.2) is 10.6 Å². The van der Waals surface area contributed by atoms with Gasteiger partial charge in [-0.15, -0.1) is 0 Å². The number of hydrogen-bond donors (Lipinski definition) is 1. The normalized spacial score (nSPS) is 26.1. The Balaban J connectivity index is 2.16. The van der Waals surface area contributed by atoms with Gasteiger partial charge in [0.2, 0.25) is 0 Å². The molecule has 1 aliphatic rings. The summed E-state index contributed by atoms with van der Waals surface area (Å²) in [7, 11) is 1.34. The molecule has 20 heavy (non-hydrogen) atoms. The number of carbonyl (C=O) groups is 2. The molecule has 1 aliphatic carbocycles. The highest BCUT2D eigenvalue weighted by atomic mass is 16.5. The lowest BCUT2D eigenvalue weighted by Gasteiger charge is -2.37. The average molecular weight is 280 g/mol. The molecule has 1 N–H and O–H groups in total. The minimum Gasteiger partial charge on any atom is -0.467 e. The van der Waals surface area contributed by atoms with Crippen molar-refractivity contribution in [3.63, 3.8) is 0 Å². The van der Waals surface area contributed by atoms with Crippen molar-refractivity contribution < 1.29 is 18.8 Å². The maximum atomic E-state index is 12.2. The van der Waals surface area contributed by atoms with E-state index in [0.29, 0.717) is 24.5 Å². The second-order valence-corrected chi connectivity index (χ2v) is 5.53. The Bertz CT molecular complexity index is 501. The number of rotatable bonds is 3. The SMILES string of the molecule is COC(=O)C1(NC(=O)c2cc(C)on2)CCC(C)CC1. The van der Waals surface area contributed by atoms with Crippen molar-refractivity contribution in [1.29, 1.82) is 0 Å². The topological polar surface area (TPSA) is 81.4 Å². The molecule has 1 aromatic heterocycles. The molecule has 0 bridgehead atoms. The van der Waals surface area contributed by atoms with Crippen molar-refractivity contribution in [3.05, 3.63) is 17.5 Å². The van der Waals surface area contributed by atoms with Gasteiger partial charge in [-0.25, -0.2) is 4.79 Å². The number of methoxy groups -OCH3 is 1. The fourth-order valence-corrected chi connectivity index (χ4v) is 2.59. The van der Waals surface area contributed by atoms with Gasteiger partial charge in [-0.3, -0.25) is 4.79 Å². The molecule has 0 saturated heterocycles. The van der Waals surface area contributed by atoms with Gasteiger partial charge in [0, 0.05) is 6.07 Å². The number of esters is 1. The molecule has 1 aromatic rings. The Labute approximate surface area is 117 Å². The average Bonchev–Trinajstić information content (AvgIpc) is 2.87. The maximum absolute atomic E-state index is 12.2. The van der Waals surface area contributed by atoms with Crippen molar-refractivity contribution in [2.45, 2.75) is 45.1 Å². The molecule has 1 heterocycles. The predicted octanol–water partition coefficient (Wildman–Crippen LogP) is 1.83. The van der Waals surface area contributed by atoms with Crippen molar-refractivity contribution in [2.75, 3.05) is 7.11 Å². The zero-order chi connectivity index (χ0) is 14.8. The Morgan fingerprint density at radius 1 is 1.45 bits per heavy atom. The number of hydrogen-bond acceptors (Lipinski definition) is 5. The molecule has 0 spiro atoms. The number of aryl methyl sites for hydroxylation is 1. The third kappa shape index (κ3) is 2.84. The molecule has 2 rings (SSSR count). The molecule has 1 fully saturated rings. The van der Waals surface area contributed by atoms with Crippen LogP contribution in [0.4, 0.5) is 0 Å². The van der Waals surface area contributed by atoms with Gasteiger partial charge in [-0.1, -0.05) is 12.1 Å². The van der Waals surface area contributed by atoms with Gasteiger partial charge < -0.3 is 14.6 Å². The van der Waals surface area contributed by atoms with Crippen LogP contribution in [-0.4, -0.2) is 29.7 Å². The van der Waals surface area contributed by atoms with Crippen LogP contribution in [0.1, 0.15) is 48.9 Å². The first kappa shape index (κ1) is 14.6. The summed E-state index contributed by atoms with van der Waals surface area (Å²) in [6, 6.07) is 1.55. The summed E-state index contributed by atoms with van der Waals surface area (Å²) in [5.41, 5.74) is -0.755. The second-order valence-electron chi connectivity index (χ2n) is 5.53. The second kappa shape index (κ2) is 5.64. The Morgan fingerprint density at radius 3 is 2.60 bits per heavy atom. The van der Waals surface area contributed by atoms with Crippen molar-refractivity contribution in [2.24, 2.45) is 5.92 Å². The Hall–Kier alpha value is -1.85. The van der Waals surface area contributed by atoms with E-state index < -0.39 is 17.4 Å². The monoisotopic (exact) mass is 280 g/mol. The first-order chi connectivity index (χ1) is 9.47. The number of carbonyl (C=O) groups excluding carboxylic acids is 2. The van der Waals surface area contributed by atoms with E-state index in [2.05, 4.69) is 17.4 Å². The smallest absolute Gasteiger partial charge is 0.331 e. The van der Waals surface area contributed by atoms with Crippen LogP contribution in [-0.2, 0) is 9.53 Å². The predicted molar refractivity (Wildman–Crippen MR) is 71.1 cm³/mol. The largest absolute Gasteiger partial charge is 0.467 e. The minimum atomic E-state index is -0.939. The van der Waals surface area contributed by atoms with E-state index in [0.717, 1.165) is 12.8 Å². The summed E-state index contributed by atoms with van der Waals surface area (Å²) in [4.78, 5) is 24.3. The van der Waals surface area contributed by atoms with E-state index in [1.54, 1.807) is 13.0 Å². The molecular weight excluding hydrogens is 260 g/mol. The summed E-state index contributed by atoms with van der Waals surface area (Å²) in [5.74, 6) is 0.318. The van der Waals surface area contributed by atoms with E-state index in [1.165, 1.54) is 7.11 Å². The van der Waals surface area contributed by atoms with Crippen LogP contribution >= 0.6 is 0 Å². The summed E-state index contributed by atoms with van der Waals surface area (Å²) < 4.78 is 9.76. The molecule has 110 valence electrons. The first-order valence-electron chi connectivity index (χ1n) is 6.81. The van der Waals surface area contributed by atoms with Gasteiger partial charge in [0.25, 0.3) is 5.91 Å². The minimum absolute atomic E-state index is 0.185. The molecule has 1 saturated carbocycles. The highest BCUT2D eigenvalue weighted by Crippen LogP contribution is 2.33. The van der Waals surface area contributed by atoms with Crippen LogP contribution in [0.25, 0.3) is 0 Å². The van der Waals surface area contributed by atoms with E-state index in [9.17, 15) is 9.59 Å². The van der Waals surface area contributed by atoms with Gasteiger partial charge in [-0.2, -0.15) is 0 Å². The number of nitrogens with zero attached hydrogens (tertiary/aromatic N) is 1. The van der Waals surface area contributed by atoms with Crippen LogP contribution < -0.4 is 5.32 Å². The molecule has 0 aliphatic heterocycles. The van der Waals surface area contributed by atoms with E-state index in [-0.39, 0.29) is 5.69 Å². The van der Waals surface area contributed by atoms with E-state index in [1.807, 2.05) is 0 Å². The summed E-state index contributed by atoms with van der Waals surface area (Å²) in [6.07, 6.45) is 2.94. The summed E-state index contributed by atoms with van der Waals surface area (Å²) in [6.45, 7) is 3.85. The van der Waals surface area contributed by atoms with E-state index in [4.69, 9.17) is 9.26 Å². The third-order valence-corrected chi connectivity index (χ3v) is 3.92. The number of ether oxygens (including phenoxy) is 1. The van der Waals surface area contributed by atoms with Crippen molar-refractivity contribution in [1.82, 2.24) is 10.5 Å². The van der Waals surface area contributed by atoms with Crippen molar-refractivity contribution in [3.8, 4) is 0 Å². The van der Waals surface area contributed by atoms with Crippen LogP contribution in [0.2, 0.25) is 0 Å². The molecule has 6 nitrogen and oxygen atoms in total. The lowest BCUT2D eigenvalue weighted by Crippen LogP contribution is -2.56. The van der Waals surface area contributed by atoms with Gasteiger partial charge in [0.15, 0.2) is 5.69 Å². The van der Waals surface area contributed by atoms with Gasteiger partial charge in [0.1, 0.15) is 11.3 Å². The number of aromatic nitrogens is 1. The highest BCUT2D eigenvalue weighted by Gasteiger charge is 2.43. The molecule has 0 unspecified atom stereocenters. The lowest BCUT2D eigenvalue weighted by atomic mass is 9.77. The van der Waals surface area contributed by atoms with Gasteiger partial charge in [0.05, 0.1) is 7.11 Å². The number of amides is 1. The van der Waals surface area contributed by atoms with Gasteiger partial charge >= 0.3 is 5.97 Å². The summed E-state index contributed by atoms with van der Waals surface area (Å²) in [5, 5.41) is 6.47. The summed E-state index contributed by atoms with van der Waals surface area (Å²) >= 11 is 0. The van der Waals surface area contributed by atoms with Gasteiger partial charge in [-0.05, 0) is 38.5 Å².